The zero-order chi connectivity index (χ0) is 33.6. The van der Waals surface area contributed by atoms with Crippen molar-refractivity contribution in [1.82, 2.24) is 15.6 Å². The number of hydrogen-bond donors (Lipinski definition) is 2. The van der Waals surface area contributed by atoms with Crippen LogP contribution in [-0.2, 0) is 9.53 Å². The van der Waals surface area contributed by atoms with Crippen molar-refractivity contribution in [2.75, 3.05) is 26.9 Å². The number of carbonyl (C=O) groups is 3. The third-order valence-corrected chi connectivity index (χ3v) is 7.50. The smallest absolute Gasteiger partial charge is 0.494 e. The number of ether oxygens (including phenoxy) is 5. The predicted octanol–water partition coefficient (Wildman–Crippen LogP) is 5.90. The van der Waals surface area contributed by atoms with Gasteiger partial charge in [-0.3, -0.25) is 9.59 Å². The van der Waals surface area contributed by atoms with Crippen LogP contribution in [0.5, 0.6) is 23.0 Å². The maximum atomic E-state index is 13.9. The molecule has 11 heteroatoms. The molecule has 0 radical (unpaired) electrons. The summed E-state index contributed by atoms with van der Waals surface area (Å²) in [7, 11) is 1.37. The molecule has 1 heterocycles. The van der Waals surface area contributed by atoms with Crippen LogP contribution < -0.4 is 29.6 Å². The van der Waals surface area contributed by atoms with Gasteiger partial charge in [0.25, 0.3) is 5.91 Å². The van der Waals surface area contributed by atoms with Gasteiger partial charge in [0.15, 0.2) is 11.4 Å². The van der Waals surface area contributed by atoms with Gasteiger partial charge in [-0.1, -0.05) is 44.5 Å². The average molecular weight is 636 g/mol. The van der Waals surface area contributed by atoms with Gasteiger partial charge in [0.2, 0.25) is 11.7 Å². The molecule has 1 aromatic heterocycles. The van der Waals surface area contributed by atoms with Crippen LogP contribution >= 0.6 is 0 Å². The molecule has 3 aromatic rings. The Morgan fingerprint density at radius 3 is 1.83 bits per heavy atom. The van der Waals surface area contributed by atoms with Crippen molar-refractivity contribution in [3.63, 3.8) is 0 Å². The third kappa shape index (κ3) is 9.35. The highest BCUT2D eigenvalue weighted by Crippen LogP contribution is 2.32. The van der Waals surface area contributed by atoms with Crippen LogP contribution in [-0.4, -0.2) is 62.0 Å². The molecule has 0 saturated carbocycles. The summed E-state index contributed by atoms with van der Waals surface area (Å²) in [5.74, 6) is -0.133. The Morgan fingerprint density at radius 1 is 0.783 bits per heavy atom. The van der Waals surface area contributed by atoms with E-state index in [1.54, 1.807) is 6.92 Å². The van der Waals surface area contributed by atoms with Crippen molar-refractivity contribution in [3.8, 4) is 23.0 Å². The number of hydrogen-bond acceptors (Lipinski definition) is 9. The molecule has 3 atom stereocenters. The molecular formula is C35H45N3O8. The summed E-state index contributed by atoms with van der Waals surface area (Å²) in [6.45, 7) is 12.4. The van der Waals surface area contributed by atoms with Gasteiger partial charge in [-0.15, -0.1) is 0 Å². The van der Waals surface area contributed by atoms with Gasteiger partial charge in [-0.05, 0) is 69.0 Å². The number of nitrogens with zero attached hydrogens (tertiary/aromatic N) is 1. The van der Waals surface area contributed by atoms with E-state index in [4.69, 9.17) is 23.7 Å². The lowest BCUT2D eigenvalue weighted by atomic mass is 9.85. The monoisotopic (exact) mass is 635 g/mol. The molecular weight excluding hydrogens is 590 g/mol. The number of rotatable bonds is 16. The number of benzene rings is 2. The Bertz CT molecular complexity index is 1380. The van der Waals surface area contributed by atoms with E-state index in [9.17, 15) is 14.4 Å². The molecule has 2 aromatic carbocycles. The zero-order valence-corrected chi connectivity index (χ0v) is 27.6. The number of carbonyl (C=O) groups excluding carboxylic acids is 3. The summed E-state index contributed by atoms with van der Waals surface area (Å²) in [6, 6.07) is 15.7. The Hall–Kier alpha value is -4.80. The second-order valence-corrected chi connectivity index (χ2v) is 10.6. The minimum atomic E-state index is -1.01. The fourth-order valence-electron chi connectivity index (χ4n) is 5.04. The van der Waals surface area contributed by atoms with Crippen molar-refractivity contribution in [2.24, 2.45) is 5.92 Å². The SMILES string of the molecule is CCOC(=O)Oc1c(OC)ccnc1C(=O)N[C@H](C(=O)N[C@@H](C)C(c1ccc(OCC)cc1)c1ccc(OCC)cc1)[C@@H](C)CC. The zero-order valence-electron chi connectivity index (χ0n) is 27.6. The molecule has 0 aliphatic rings. The number of methoxy groups -OCH3 is 1. The average Bonchev–Trinajstić information content (AvgIpc) is 3.05. The van der Waals surface area contributed by atoms with Gasteiger partial charge in [0.05, 0.1) is 26.9 Å². The first-order valence-electron chi connectivity index (χ1n) is 15.6. The third-order valence-electron chi connectivity index (χ3n) is 7.50. The lowest BCUT2D eigenvalue weighted by Crippen LogP contribution is -2.53. The molecule has 0 aliphatic heterocycles. The molecule has 0 saturated heterocycles. The highest BCUT2D eigenvalue weighted by Gasteiger charge is 2.32. The number of pyridine rings is 1. The summed E-state index contributed by atoms with van der Waals surface area (Å²) in [6.07, 6.45) is 0.943. The molecule has 0 unspecified atom stereocenters. The van der Waals surface area contributed by atoms with Crippen molar-refractivity contribution in [1.29, 1.82) is 0 Å². The highest BCUT2D eigenvalue weighted by atomic mass is 16.7. The van der Waals surface area contributed by atoms with E-state index >= 15 is 0 Å². The van der Waals surface area contributed by atoms with Crippen molar-refractivity contribution < 1.29 is 38.1 Å². The number of amides is 2. The lowest BCUT2D eigenvalue weighted by Gasteiger charge is -2.30. The molecule has 0 spiro atoms. The molecule has 0 bridgehead atoms. The summed E-state index contributed by atoms with van der Waals surface area (Å²) in [5.41, 5.74) is 1.74. The molecule has 0 fully saturated rings. The fourth-order valence-corrected chi connectivity index (χ4v) is 5.04. The molecule has 0 aliphatic carbocycles. The summed E-state index contributed by atoms with van der Waals surface area (Å²) >= 11 is 0. The van der Waals surface area contributed by atoms with Crippen LogP contribution in [0.4, 0.5) is 4.79 Å². The quantitative estimate of drug-likeness (QED) is 0.184. The molecule has 2 N–H and O–H groups in total. The van der Waals surface area contributed by atoms with Crippen molar-refractivity contribution >= 4 is 18.0 Å². The van der Waals surface area contributed by atoms with Crippen LogP contribution in [0.3, 0.4) is 0 Å². The Morgan fingerprint density at radius 2 is 1.35 bits per heavy atom. The van der Waals surface area contributed by atoms with Crippen LogP contribution in [0.2, 0.25) is 0 Å². The summed E-state index contributed by atoms with van der Waals surface area (Å²) in [5, 5.41) is 5.96. The maximum absolute atomic E-state index is 13.9. The van der Waals surface area contributed by atoms with E-state index in [1.807, 2.05) is 83.1 Å². The standard InChI is InChI=1S/C35H45N3O8/c1-8-22(5)30(38-34(40)31-32(46-35(41)45-11-4)28(42-7)20-21-36-31)33(39)37-23(6)29(24-12-16-26(17-13-24)43-9-2)25-14-18-27(19-15-25)44-10-3/h12-23,29-30H,8-11H2,1-7H3,(H,37,39)(H,38,40)/t22-,23-,30-/m0/s1. The van der Waals surface area contributed by atoms with E-state index in [0.29, 0.717) is 19.6 Å². The van der Waals surface area contributed by atoms with Gasteiger partial charge < -0.3 is 34.3 Å². The first-order chi connectivity index (χ1) is 22.2. The Balaban J connectivity index is 1.91. The Labute approximate surface area is 270 Å². The normalized spacial score (nSPS) is 12.8. The van der Waals surface area contributed by atoms with Crippen molar-refractivity contribution in [2.45, 2.75) is 66.0 Å². The molecule has 248 valence electrons. The van der Waals surface area contributed by atoms with E-state index in [2.05, 4.69) is 15.6 Å². The second-order valence-electron chi connectivity index (χ2n) is 10.6. The fraction of sp³-hybridized carbons (Fsp3) is 0.429. The van der Waals surface area contributed by atoms with E-state index in [0.717, 1.165) is 22.6 Å². The number of aromatic nitrogens is 1. The van der Waals surface area contributed by atoms with E-state index in [1.165, 1.54) is 19.4 Å². The Kier molecular flexibility index (Phi) is 13.7. The van der Waals surface area contributed by atoms with Gasteiger partial charge in [0, 0.05) is 24.2 Å². The number of nitrogens with one attached hydrogen (secondary N) is 2. The van der Waals surface area contributed by atoms with Crippen LogP contribution in [0.15, 0.2) is 60.8 Å². The molecule has 3 rings (SSSR count). The van der Waals surface area contributed by atoms with Gasteiger partial charge in [-0.25, -0.2) is 9.78 Å². The first-order valence-corrected chi connectivity index (χ1v) is 15.6. The van der Waals surface area contributed by atoms with Crippen LogP contribution in [0, 0.1) is 5.92 Å². The molecule has 2 amide bonds. The summed E-state index contributed by atoms with van der Waals surface area (Å²) < 4.78 is 26.7. The summed E-state index contributed by atoms with van der Waals surface area (Å²) in [4.78, 5) is 43.8. The lowest BCUT2D eigenvalue weighted by molar-refractivity contribution is -0.124. The van der Waals surface area contributed by atoms with Crippen molar-refractivity contribution in [3.05, 3.63) is 77.6 Å². The van der Waals surface area contributed by atoms with Gasteiger partial charge >= 0.3 is 6.16 Å². The van der Waals surface area contributed by atoms with Gasteiger partial charge in [0.1, 0.15) is 17.5 Å². The minimum Gasteiger partial charge on any atom is -0.494 e. The minimum absolute atomic E-state index is 0.0751. The van der Waals surface area contributed by atoms with Gasteiger partial charge in [-0.2, -0.15) is 0 Å². The topological polar surface area (TPSA) is 134 Å². The predicted molar refractivity (Wildman–Crippen MR) is 174 cm³/mol. The molecule has 46 heavy (non-hydrogen) atoms. The van der Waals surface area contributed by atoms with E-state index in [-0.39, 0.29) is 47.6 Å². The van der Waals surface area contributed by atoms with Crippen LogP contribution in [0.25, 0.3) is 0 Å². The first kappa shape index (κ1) is 35.7. The van der Waals surface area contributed by atoms with Crippen LogP contribution in [0.1, 0.15) is 75.5 Å². The second kappa shape index (κ2) is 17.6. The van der Waals surface area contributed by atoms with E-state index < -0.39 is 18.1 Å². The molecule has 11 nitrogen and oxygen atoms in total. The highest BCUT2D eigenvalue weighted by molar-refractivity contribution is 5.99. The maximum Gasteiger partial charge on any atom is 0.514 e. The largest absolute Gasteiger partial charge is 0.514 e.